The molecule has 1 amide bonds. The third-order valence-electron chi connectivity index (χ3n) is 3.29. The summed E-state index contributed by atoms with van der Waals surface area (Å²) in [5.41, 5.74) is -0.331. The molecule has 1 aromatic heterocycles. The molecule has 1 aromatic carbocycles. The van der Waals surface area contributed by atoms with Crippen LogP contribution in [0, 0.1) is 0 Å². The third-order valence-corrected chi connectivity index (χ3v) is 3.29. The van der Waals surface area contributed by atoms with Gasteiger partial charge >= 0.3 is 6.18 Å². The van der Waals surface area contributed by atoms with Crippen LogP contribution >= 0.6 is 12.4 Å². The maximum Gasteiger partial charge on any atom is 0.416 e. The molecule has 0 bridgehead atoms. The van der Waals surface area contributed by atoms with E-state index in [-0.39, 0.29) is 29.7 Å². The minimum atomic E-state index is -4.42. The molecule has 0 aliphatic rings. The second kappa shape index (κ2) is 8.16. The lowest BCUT2D eigenvalue weighted by Gasteiger charge is -2.15. The lowest BCUT2D eigenvalue weighted by molar-refractivity contribution is -0.137. The monoisotopic (exact) mass is 362 g/mol. The first-order valence-electron chi connectivity index (χ1n) is 6.96. The number of amides is 1. The summed E-state index contributed by atoms with van der Waals surface area (Å²) in [6, 6.07) is 6.27. The lowest BCUT2D eigenvalue weighted by Crippen LogP contribution is -2.33. The number of hydrogen-bond acceptors (Lipinski definition) is 3. The largest absolute Gasteiger partial charge is 0.416 e. The molecule has 0 saturated carbocycles. The highest BCUT2D eigenvalue weighted by atomic mass is 35.5. The number of nitrogens with zero attached hydrogens (tertiary/aromatic N) is 3. The summed E-state index contributed by atoms with van der Waals surface area (Å²) < 4.78 is 39.5. The second-order valence-corrected chi connectivity index (χ2v) is 5.02. The van der Waals surface area contributed by atoms with Gasteiger partial charge in [-0.1, -0.05) is 6.07 Å². The number of hydrogen-bond donors (Lipinski definition) is 1. The van der Waals surface area contributed by atoms with Crippen LogP contribution < -0.4 is 5.32 Å². The minimum absolute atomic E-state index is 0. The predicted octanol–water partition coefficient (Wildman–Crippen LogP) is 2.60. The van der Waals surface area contributed by atoms with E-state index in [2.05, 4.69) is 10.4 Å². The molecule has 0 atom stereocenters. The van der Waals surface area contributed by atoms with Crippen molar-refractivity contribution in [3.8, 4) is 5.69 Å². The third kappa shape index (κ3) is 4.72. The molecule has 132 valence electrons. The molecule has 9 heteroatoms. The van der Waals surface area contributed by atoms with Crippen molar-refractivity contribution >= 4 is 18.3 Å². The van der Waals surface area contributed by atoms with Gasteiger partial charge in [0, 0.05) is 26.3 Å². The number of rotatable bonds is 5. The first-order valence-corrected chi connectivity index (χ1v) is 6.96. The highest BCUT2D eigenvalue weighted by molar-refractivity contribution is 5.92. The maximum atomic E-state index is 12.7. The van der Waals surface area contributed by atoms with Gasteiger partial charge in [0.05, 0.1) is 11.3 Å². The Kier molecular flexibility index (Phi) is 6.80. The van der Waals surface area contributed by atoms with E-state index < -0.39 is 11.7 Å². The van der Waals surface area contributed by atoms with Crippen LogP contribution in [0.3, 0.4) is 0 Å². The number of alkyl halides is 3. The van der Waals surface area contributed by atoms with Gasteiger partial charge in [0.1, 0.15) is 0 Å². The minimum Gasteiger partial charge on any atom is -0.339 e. The summed E-state index contributed by atoms with van der Waals surface area (Å²) in [6.45, 7) is 1.14. The molecular formula is C15H18ClF3N4O. The number of likely N-dealkylation sites (N-methyl/N-ethyl adjacent to an activating group) is 2. The van der Waals surface area contributed by atoms with Gasteiger partial charge in [-0.25, -0.2) is 4.68 Å². The summed E-state index contributed by atoms with van der Waals surface area (Å²) in [5, 5.41) is 7.00. The topological polar surface area (TPSA) is 50.2 Å². The molecule has 0 fully saturated rings. The van der Waals surface area contributed by atoms with Crippen LogP contribution in [0.25, 0.3) is 5.69 Å². The van der Waals surface area contributed by atoms with Crippen molar-refractivity contribution in [3.05, 3.63) is 47.8 Å². The smallest absolute Gasteiger partial charge is 0.339 e. The molecule has 0 aliphatic carbocycles. The fourth-order valence-electron chi connectivity index (χ4n) is 1.98. The van der Waals surface area contributed by atoms with Crippen molar-refractivity contribution in [1.29, 1.82) is 0 Å². The molecule has 1 heterocycles. The van der Waals surface area contributed by atoms with Crippen molar-refractivity contribution in [3.63, 3.8) is 0 Å². The van der Waals surface area contributed by atoms with E-state index in [9.17, 15) is 18.0 Å². The van der Waals surface area contributed by atoms with Gasteiger partial charge < -0.3 is 10.2 Å². The molecule has 5 nitrogen and oxygen atoms in total. The summed E-state index contributed by atoms with van der Waals surface area (Å²) in [7, 11) is 3.42. The van der Waals surface area contributed by atoms with Gasteiger partial charge in [-0.2, -0.15) is 18.3 Å². The van der Waals surface area contributed by atoms with E-state index in [0.29, 0.717) is 13.1 Å². The number of aromatic nitrogens is 2. The highest BCUT2D eigenvalue weighted by Gasteiger charge is 2.30. The molecule has 1 N–H and O–H groups in total. The van der Waals surface area contributed by atoms with Crippen LogP contribution in [-0.4, -0.2) is 47.8 Å². The van der Waals surface area contributed by atoms with Crippen molar-refractivity contribution in [2.24, 2.45) is 0 Å². The van der Waals surface area contributed by atoms with E-state index in [1.807, 2.05) is 0 Å². The van der Waals surface area contributed by atoms with Gasteiger partial charge in [0.2, 0.25) is 0 Å². The summed E-state index contributed by atoms with van der Waals surface area (Å²) >= 11 is 0. The van der Waals surface area contributed by atoms with Crippen LogP contribution in [-0.2, 0) is 6.18 Å². The molecule has 0 spiro atoms. The van der Waals surface area contributed by atoms with E-state index in [1.54, 1.807) is 14.1 Å². The quantitative estimate of drug-likeness (QED) is 0.889. The first kappa shape index (κ1) is 20.0. The number of nitrogens with one attached hydrogen (secondary N) is 1. The number of benzene rings is 1. The Hall–Kier alpha value is -2.06. The second-order valence-electron chi connectivity index (χ2n) is 5.02. The number of carbonyl (C=O) groups is 1. The lowest BCUT2D eigenvalue weighted by atomic mass is 10.2. The number of halogens is 4. The van der Waals surface area contributed by atoms with E-state index in [4.69, 9.17) is 0 Å². The van der Waals surface area contributed by atoms with E-state index in [1.165, 1.54) is 34.0 Å². The highest BCUT2D eigenvalue weighted by Crippen LogP contribution is 2.30. The molecular weight excluding hydrogens is 345 g/mol. The Balaban J connectivity index is 0.00000288. The average Bonchev–Trinajstić information content (AvgIpc) is 3.01. The van der Waals surface area contributed by atoms with Crippen LogP contribution in [0.5, 0.6) is 0 Å². The molecule has 0 aliphatic heterocycles. The fourth-order valence-corrected chi connectivity index (χ4v) is 1.98. The van der Waals surface area contributed by atoms with Gasteiger partial charge in [0.25, 0.3) is 5.91 Å². The zero-order valence-corrected chi connectivity index (χ0v) is 14.0. The Morgan fingerprint density at radius 2 is 2.04 bits per heavy atom. The Bertz CT molecular complexity index is 687. The molecule has 2 aromatic rings. The molecule has 0 unspecified atom stereocenters. The van der Waals surface area contributed by atoms with E-state index >= 15 is 0 Å². The van der Waals surface area contributed by atoms with Crippen molar-refractivity contribution in [1.82, 2.24) is 20.0 Å². The Labute approximate surface area is 143 Å². The van der Waals surface area contributed by atoms with Crippen LogP contribution in [0.2, 0.25) is 0 Å². The Morgan fingerprint density at radius 1 is 1.33 bits per heavy atom. The first-order chi connectivity index (χ1) is 10.8. The SMILES string of the molecule is CNCCN(C)C(=O)c1ccn(-c2cccc(C(F)(F)F)c2)n1.Cl. The van der Waals surface area contributed by atoms with Crippen LogP contribution in [0.15, 0.2) is 36.5 Å². The van der Waals surface area contributed by atoms with Gasteiger partial charge in [-0.3, -0.25) is 4.79 Å². The van der Waals surface area contributed by atoms with Crippen LogP contribution in [0.4, 0.5) is 13.2 Å². The molecule has 2 rings (SSSR count). The zero-order valence-electron chi connectivity index (χ0n) is 13.2. The standard InChI is InChI=1S/C15H17F3N4O.ClH/c1-19-7-9-21(2)14(23)13-6-8-22(20-13)12-5-3-4-11(10-12)15(16,17)18;/h3-6,8,10,19H,7,9H2,1-2H3;1H. The van der Waals surface area contributed by atoms with Gasteiger partial charge in [-0.05, 0) is 31.3 Å². The van der Waals surface area contributed by atoms with Gasteiger partial charge in [0.15, 0.2) is 5.69 Å². The van der Waals surface area contributed by atoms with Crippen LogP contribution in [0.1, 0.15) is 16.1 Å². The van der Waals surface area contributed by atoms with Crippen molar-refractivity contribution < 1.29 is 18.0 Å². The van der Waals surface area contributed by atoms with Gasteiger partial charge in [-0.15, -0.1) is 12.4 Å². The zero-order chi connectivity index (χ0) is 17.0. The molecule has 24 heavy (non-hydrogen) atoms. The average molecular weight is 363 g/mol. The van der Waals surface area contributed by atoms with Crippen molar-refractivity contribution in [2.45, 2.75) is 6.18 Å². The predicted molar refractivity (Wildman–Crippen MR) is 86.7 cm³/mol. The fraction of sp³-hybridized carbons (Fsp3) is 0.333. The molecule has 0 radical (unpaired) electrons. The number of carbonyl (C=O) groups excluding carboxylic acids is 1. The summed E-state index contributed by atoms with van der Waals surface area (Å²) in [4.78, 5) is 13.7. The summed E-state index contributed by atoms with van der Waals surface area (Å²) in [5.74, 6) is -0.286. The summed E-state index contributed by atoms with van der Waals surface area (Å²) in [6.07, 6.45) is -2.95. The molecule has 0 saturated heterocycles. The van der Waals surface area contributed by atoms with Crippen molar-refractivity contribution in [2.75, 3.05) is 27.2 Å². The maximum absolute atomic E-state index is 12.7. The Morgan fingerprint density at radius 3 is 2.67 bits per heavy atom. The normalized spacial score (nSPS) is 11.0. The van der Waals surface area contributed by atoms with E-state index in [0.717, 1.165) is 12.1 Å².